The lowest BCUT2D eigenvalue weighted by Crippen LogP contribution is -2.24. The zero-order chi connectivity index (χ0) is 11.6. The van der Waals surface area contributed by atoms with Crippen LogP contribution in [0.5, 0.6) is 0 Å². The average molecular weight is 287 g/mol. The van der Waals surface area contributed by atoms with E-state index in [-0.39, 0.29) is 20.3 Å². The Morgan fingerprint density at radius 1 is 1.67 bits per heavy atom. The summed E-state index contributed by atoms with van der Waals surface area (Å²) >= 11 is 12.0. The molecular weight excluding hydrogens is 279 g/mol. The Morgan fingerprint density at radius 3 is 2.67 bits per heavy atom. The first kappa shape index (κ1) is 12.9. The average Bonchev–Trinajstić information content (AvgIpc) is 2.43. The van der Waals surface area contributed by atoms with Gasteiger partial charge in [0.2, 0.25) is 0 Å². The summed E-state index contributed by atoms with van der Waals surface area (Å²) in [5.74, 6) is 0. The second kappa shape index (κ2) is 4.80. The molecular formula is C7H8Cl2N2O2S2. The second-order valence-electron chi connectivity index (χ2n) is 2.68. The molecule has 1 aromatic heterocycles. The van der Waals surface area contributed by atoms with Gasteiger partial charge in [-0.25, -0.2) is 18.1 Å². The first-order valence-electron chi connectivity index (χ1n) is 3.79. The number of aromatic nitrogens is 1. The van der Waals surface area contributed by atoms with E-state index in [1.54, 1.807) is 6.92 Å². The molecule has 84 valence electrons. The number of hydrogen-bond acceptors (Lipinski definition) is 4. The van der Waals surface area contributed by atoms with Crippen LogP contribution in [0.4, 0.5) is 0 Å². The first-order chi connectivity index (χ1) is 6.83. The fourth-order valence-corrected chi connectivity index (χ4v) is 3.79. The maximum Gasteiger partial charge on any atom is 0.252 e. The van der Waals surface area contributed by atoms with E-state index in [4.69, 9.17) is 23.2 Å². The van der Waals surface area contributed by atoms with Gasteiger partial charge in [0.15, 0.2) is 8.68 Å². The van der Waals surface area contributed by atoms with Crippen LogP contribution in [0.3, 0.4) is 0 Å². The van der Waals surface area contributed by atoms with Gasteiger partial charge in [-0.05, 0) is 6.92 Å². The fourth-order valence-electron chi connectivity index (χ4n) is 0.839. The minimum atomic E-state index is -3.59. The molecule has 15 heavy (non-hydrogen) atoms. The number of sulfonamides is 1. The summed E-state index contributed by atoms with van der Waals surface area (Å²) in [6, 6.07) is 0. The second-order valence-corrected chi connectivity index (χ2v) is 6.76. The molecule has 0 spiro atoms. The van der Waals surface area contributed by atoms with Crippen LogP contribution in [0.2, 0.25) is 4.47 Å². The molecule has 0 aliphatic carbocycles. The number of nitrogens with one attached hydrogen (secondary N) is 1. The molecule has 0 aromatic carbocycles. The summed E-state index contributed by atoms with van der Waals surface area (Å²) in [7, 11) is -3.59. The van der Waals surface area contributed by atoms with Crippen LogP contribution in [0, 0.1) is 6.92 Å². The van der Waals surface area contributed by atoms with Crippen molar-refractivity contribution in [1.82, 2.24) is 9.71 Å². The van der Waals surface area contributed by atoms with E-state index < -0.39 is 10.0 Å². The Balaban J connectivity index is 2.96. The van der Waals surface area contributed by atoms with E-state index in [1.807, 2.05) is 0 Å². The summed E-state index contributed by atoms with van der Waals surface area (Å²) < 4.78 is 25.9. The molecule has 0 amide bonds. The number of halogens is 2. The maximum atomic E-state index is 11.7. The SMILES string of the molecule is C=C(Cl)CNS(=O)(=O)c1sc(Cl)nc1C. The van der Waals surface area contributed by atoms with E-state index in [0.29, 0.717) is 5.69 Å². The highest BCUT2D eigenvalue weighted by Gasteiger charge is 2.20. The highest BCUT2D eigenvalue weighted by atomic mass is 35.5. The van der Waals surface area contributed by atoms with Crippen molar-refractivity contribution in [2.45, 2.75) is 11.1 Å². The lowest BCUT2D eigenvalue weighted by molar-refractivity contribution is 0.586. The summed E-state index contributed by atoms with van der Waals surface area (Å²) in [6.07, 6.45) is 0. The number of thiazole rings is 1. The third-order valence-electron chi connectivity index (χ3n) is 1.43. The van der Waals surface area contributed by atoms with Crippen LogP contribution in [0.15, 0.2) is 15.8 Å². The lowest BCUT2D eigenvalue weighted by Gasteiger charge is -2.03. The Labute approximate surface area is 102 Å². The first-order valence-corrected chi connectivity index (χ1v) is 6.84. The predicted molar refractivity (Wildman–Crippen MR) is 62.0 cm³/mol. The quantitative estimate of drug-likeness (QED) is 0.923. The molecule has 1 heterocycles. The van der Waals surface area contributed by atoms with Crippen LogP contribution in [0.1, 0.15) is 5.69 Å². The standard InChI is InChI=1S/C7H8Cl2N2O2S2/c1-4(8)3-10-15(12,13)6-5(2)11-7(9)14-6/h10H,1,3H2,2H3. The largest absolute Gasteiger partial charge is 0.252 e. The molecule has 1 aromatic rings. The topological polar surface area (TPSA) is 59.1 Å². The third-order valence-corrected chi connectivity index (χ3v) is 4.83. The summed E-state index contributed by atoms with van der Waals surface area (Å²) in [5, 5.41) is 0.215. The van der Waals surface area contributed by atoms with Crippen LogP contribution in [-0.2, 0) is 10.0 Å². The van der Waals surface area contributed by atoms with Gasteiger partial charge >= 0.3 is 0 Å². The third kappa shape index (κ3) is 3.42. The zero-order valence-electron chi connectivity index (χ0n) is 7.75. The van der Waals surface area contributed by atoms with Gasteiger partial charge in [0.25, 0.3) is 10.0 Å². The monoisotopic (exact) mass is 286 g/mol. The molecule has 0 fully saturated rings. The predicted octanol–water partition coefficient (Wildman–Crippen LogP) is 2.14. The smallest absolute Gasteiger partial charge is 0.229 e. The van der Waals surface area contributed by atoms with Gasteiger partial charge in [-0.3, -0.25) is 0 Å². The summed E-state index contributed by atoms with van der Waals surface area (Å²) in [4.78, 5) is 3.81. The van der Waals surface area contributed by atoms with Gasteiger partial charge < -0.3 is 0 Å². The minimum absolute atomic E-state index is 0.0150. The molecule has 0 radical (unpaired) electrons. The van der Waals surface area contributed by atoms with Crippen LogP contribution < -0.4 is 4.72 Å². The summed E-state index contributed by atoms with van der Waals surface area (Å²) in [5.41, 5.74) is 0.373. The van der Waals surface area contributed by atoms with Crippen molar-refractivity contribution >= 4 is 44.6 Å². The Kier molecular flexibility index (Phi) is 4.13. The zero-order valence-corrected chi connectivity index (χ0v) is 10.9. The van der Waals surface area contributed by atoms with Crippen molar-refractivity contribution in [2.75, 3.05) is 6.54 Å². The van der Waals surface area contributed by atoms with Crippen molar-refractivity contribution in [3.8, 4) is 0 Å². The van der Waals surface area contributed by atoms with Crippen molar-refractivity contribution in [3.05, 3.63) is 21.8 Å². The highest BCUT2D eigenvalue weighted by Crippen LogP contribution is 2.26. The molecule has 4 nitrogen and oxygen atoms in total. The molecule has 0 saturated carbocycles. The number of aryl methyl sites for hydroxylation is 1. The molecule has 8 heteroatoms. The van der Waals surface area contributed by atoms with E-state index >= 15 is 0 Å². The van der Waals surface area contributed by atoms with E-state index in [1.165, 1.54) is 0 Å². The van der Waals surface area contributed by atoms with Gasteiger partial charge in [-0.1, -0.05) is 41.1 Å². The Hall–Kier alpha value is -0.140. The fraction of sp³-hybridized carbons (Fsp3) is 0.286. The number of hydrogen-bond donors (Lipinski definition) is 1. The van der Waals surface area contributed by atoms with Crippen molar-refractivity contribution in [3.63, 3.8) is 0 Å². The minimum Gasteiger partial charge on any atom is -0.229 e. The Bertz CT molecular complexity index is 481. The molecule has 1 N–H and O–H groups in total. The molecule has 0 unspecified atom stereocenters. The highest BCUT2D eigenvalue weighted by molar-refractivity contribution is 7.91. The Morgan fingerprint density at radius 2 is 2.27 bits per heavy atom. The molecule has 0 aliphatic rings. The number of nitrogens with zero attached hydrogens (tertiary/aromatic N) is 1. The van der Waals surface area contributed by atoms with E-state index in [9.17, 15) is 8.42 Å². The molecule has 0 bridgehead atoms. The lowest BCUT2D eigenvalue weighted by atomic mass is 10.6. The summed E-state index contributed by atoms with van der Waals surface area (Å²) in [6.45, 7) is 4.94. The number of rotatable bonds is 4. The maximum absolute atomic E-state index is 11.7. The van der Waals surface area contributed by atoms with Gasteiger partial charge in [0, 0.05) is 11.6 Å². The molecule has 0 saturated heterocycles. The molecule has 0 atom stereocenters. The van der Waals surface area contributed by atoms with Gasteiger partial charge in [0.05, 0.1) is 5.69 Å². The molecule has 0 aliphatic heterocycles. The van der Waals surface area contributed by atoms with Crippen molar-refractivity contribution in [2.24, 2.45) is 0 Å². The normalized spacial score (nSPS) is 11.7. The van der Waals surface area contributed by atoms with Crippen LogP contribution >= 0.6 is 34.5 Å². The van der Waals surface area contributed by atoms with Crippen molar-refractivity contribution < 1.29 is 8.42 Å². The molecule has 1 rings (SSSR count). The van der Waals surface area contributed by atoms with E-state index in [0.717, 1.165) is 11.3 Å². The van der Waals surface area contributed by atoms with Gasteiger partial charge in [0.1, 0.15) is 0 Å². The van der Waals surface area contributed by atoms with Crippen molar-refractivity contribution in [1.29, 1.82) is 0 Å². The van der Waals surface area contributed by atoms with E-state index in [2.05, 4.69) is 16.3 Å². The van der Waals surface area contributed by atoms with Gasteiger partial charge in [-0.2, -0.15) is 0 Å². The van der Waals surface area contributed by atoms with Gasteiger partial charge in [-0.15, -0.1) is 0 Å². The van der Waals surface area contributed by atoms with Crippen LogP contribution in [0.25, 0.3) is 0 Å². The van der Waals surface area contributed by atoms with Crippen LogP contribution in [-0.4, -0.2) is 19.9 Å².